The molecule has 1 N–H and O–H groups in total. The van der Waals surface area contributed by atoms with E-state index in [1.807, 2.05) is 28.2 Å². The third-order valence-electron chi connectivity index (χ3n) is 2.89. The molecule has 6 heteroatoms. The second kappa shape index (κ2) is 13.7. The van der Waals surface area contributed by atoms with Crippen molar-refractivity contribution >= 4 is 0 Å². The van der Waals surface area contributed by atoms with Crippen molar-refractivity contribution in [1.82, 2.24) is 14.7 Å². The summed E-state index contributed by atoms with van der Waals surface area (Å²) in [5, 5.41) is 9.05. The van der Waals surface area contributed by atoms with Crippen molar-refractivity contribution < 1.29 is 14.6 Å². The summed E-state index contributed by atoms with van der Waals surface area (Å²) in [7, 11) is 8.14. The molecule has 0 aromatic rings. The Kier molecular flexibility index (Phi) is 13.6. The minimum Gasteiger partial charge on any atom is -0.395 e. The molecule has 0 amide bonds. The molecule has 0 heterocycles. The molecule has 6 nitrogen and oxygen atoms in total. The van der Waals surface area contributed by atoms with Gasteiger partial charge in [-0.3, -0.25) is 4.90 Å². The fraction of sp³-hybridized carbons (Fsp3) is 1.00. The maximum atomic E-state index is 9.05. The van der Waals surface area contributed by atoms with Gasteiger partial charge in [0, 0.05) is 32.7 Å². The fourth-order valence-electron chi connectivity index (χ4n) is 1.56. The van der Waals surface area contributed by atoms with E-state index < -0.39 is 0 Å². The van der Waals surface area contributed by atoms with E-state index in [2.05, 4.69) is 14.7 Å². The Bertz CT molecular complexity index is 186. The Balaban J connectivity index is 3.55. The van der Waals surface area contributed by atoms with Crippen LogP contribution in [-0.4, -0.2) is 114 Å². The molecule has 0 aliphatic heterocycles. The average molecular weight is 291 g/mol. The lowest BCUT2D eigenvalue weighted by Crippen LogP contribution is -2.34. The van der Waals surface area contributed by atoms with Crippen LogP contribution in [0.25, 0.3) is 0 Å². The predicted molar refractivity (Wildman–Crippen MR) is 82.3 cm³/mol. The summed E-state index contributed by atoms with van der Waals surface area (Å²) in [4.78, 5) is 6.37. The summed E-state index contributed by atoms with van der Waals surface area (Å²) in [6.45, 7) is 7.30. The summed E-state index contributed by atoms with van der Waals surface area (Å²) in [6.07, 6.45) is 0. The molecule has 0 atom stereocenters. The minimum atomic E-state index is 0.176. The smallest absolute Gasteiger partial charge is 0.0594 e. The third kappa shape index (κ3) is 14.2. The van der Waals surface area contributed by atoms with Crippen LogP contribution in [0.1, 0.15) is 0 Å². The van der Waals surface area contributed by atoms with E-state index in [0.29, 0.717) is 19.8 Å². The number of likely N-dealkylation sites (N-methyl/N-ethyl adjacent to an activating group) is 2. The zero-order valence-corrected chi connectivity index (χ0v) is 13.7. The largest absolute Gasteiger partial charge is 0.395 e. The molecule has 0 unspecified atom stereocenters. The minimum absolute atomic E-state index is 0.176. The highest BCUT2D eigenvalue weighted by Crippen LogP contribution is 1.90. The number of ether oxygens (including phenoxy) is 2. The number of nitrogens with zero attached hydrogens (tertiary/aromatic N) is 3. The third-order valence-corrected chi connectivity index (χ3v) is 2.89. The first-order chi connectivity index (χ1) is 9.56. The summed E-state index contributed by atoms with van der Waals surface area (Å²) in [5.74, 6) is 0. The van der Waals surface area contributed by atoms with Gasteiger partial charge in [0.05, 0.1) is 33.0 Å². The molecular weight excluding hydrogens is 258 g/mol. The Morgan fingerprint density at radius 2 is 1.05 bits per heavy atom. The highest BCUT2D eigenvalue weighted by molar-refractivity contribution is 4.56. The van der Waals surface area contributed by atoms with Crippen LogP contribution in [0.15, 0.2) is 0 Å². The maximum absolute atomic E-state index is 9.05. The number of aliphatic hydroxyl groups excluding tert-OH is 1. The van der Waals surface area contributed by atoms with Crippen LogP contribution < -0.4 is 0 Å². The Labute approximate surface area is 124 Å². The number of aliphatic hydroxyl groups is 1. The molecule has 0 aliphatic carbocycles. The van der Waals surface area contributed by atoms with E-state index in [1.54, 1.807) is 0 Å². The summed E-state index contributed by atoms with van der Waals surface area (Å²) in [5.41, 5.74) is 0. The number of rotatable bonds is 14. The molecule has 0 aromatic heterocycles. The van der Waals surface area contributed by atoms with Crippen LogP contribution in [0, 0.1) is 0 Å². The highest BCUT2D eigenvalue weighted by atomic mass is 16.5. The van der Waals surface area contributed by atoms with Gasteiger partial charge < -0.3 is 24.4 Å². The summed E-state index contributed by atoms with van der Waals surface area (Å²) in [6, 6.07) is 0. The molecule has 0 bridgehead atoms. The van der Waals surface area contributed by atoms with E-state index in [-0.39, 0.29) is 6.61 Å². The van der Waals surface area contributed by atoms with E-state index in [4.69, 9.17) is 14.6 Å². The second-order valence-corrected chi connectivity index (χ2v) is 5.40. The lowest BCUT2D eigenvalue weighted by Gasteiger charge is -2.21. The van der Waals surface area contributed by atoms with E-state index in [1.165, 1.54) is 0 Å². The van der Waals surface area contributed by atoms with Crippen LogP contribution in [0.3, 0.4) is 0 Å². The van der Waals surface area contributed by atoms with Crippen molar-refractivity contribution in [3.05, 3.63) is 0 Å². The molecule has 0 aliphatic rings. The van der Waals surface area contributed by atoms with Gasteiger partial charge in [0.25, 0.3) is 0 Å². The topological polar surface area (TPSA) is 48.4 Å². The van der Waals surface area contributed by atoms with E-state index in [9.17, 15) is 0 Å². The molecule has 0 aromatic carbocycles. The zero-order valence-electron chi connectivity index (χ0n) is 13.7. The van der Waals surface area contributed by atoms with Crippen LogP contribution in [0.2, 0.25) is 0 Å². The van der Waals surface area contributed by atoms with Gasteiger partial charge >= 0.3 is 0 Å². The molecule has 20 heavy (non-hydrogen) atoms. The lowest BCUT2D eigenvalue weighted by atomic mass is 10.4. The highest BCUT2D eigenvalue weighted by Gasteiger charge is 2.04. The summed E-state index contributed by atoms with van der Waals surface area (Å²) < 4.78 is 11.1. The van der Waals surface area contributed by atoms with Crippen molar-refractivity contribution in [2.75, 3.05) is 93.9 Å². The summed E-state index contributed by atoms with van der Waals surface area (Å²) >= 11 is 0. The van der Waals surface area contributed by atoms with E-state index >= 15 is 0 Å². The quantitative estimate of drug-likeness (QED) is 0.433. The van der Waals surface area contributed by atoms with Gasteiger partial charge in [0.1, 0.15) is 0 Å². The molecule has 0 rings (SSSR count). The Morgan fingerprint density at radius 1 is 0.650 bits per heavy atom. The Hall–Kier alpha value is -0.240. The molecule has 0 saturated carbocycles. The maximum Gasteiger partial charge on any atom is 0.0594 e. The number of hydrogen-bond donors (Lipinski definition) is 1. The van der Waals surface area contributed by atoms with Gasteiger partial charge in [0.2, 0.25) is 0 Å². The monoisotopic (exact) mass is 291 g/mol. The van der Waals surface area contributed by atoms with Crippen molar-refractivity contribution in [3.63, 3.8) is 0 Å². The molecule has 0 radical (unpaired) electrons. The first-order valence-corrected chi connectivity index (χ1v) is 7.34. The van der Waals surface area contributed by atoms with Crippen molar-refractivity contribution in [2.45, 2.75) is 0 Å². The Morgan fingerprint density at radius 3 is 1.40 bits per heavy atom. The van der Waals surface area contributed by atoms with Crippen LogP contribution >= 0.6 is 0 Å². The van der Waals surface area contributed by atoms with Gasteiger partial charge in [-0.15, -0.1) is 0 Å². The lowest BCUT2D eigenvalue weighted by molar-refractivity contribution is 0.0596. The average Bonchev–Trinajstić information content (AvgIpc) is 2.37. The predicted octanol–water partition coefficient (Wildman–Crippen LogP) is -0.563. The van der Waals surface area contributed by atoms with Gasteiger partial charge in [-0.2, -0.15) is 0 Å². The van der Waals surface area contributed by atoms with E-state index in [0.717, 1.165) is 39.4 Å². The molecule has 122 valence electrons. The molecule has 0 saturated heterocycles. The van der Waals surface area contributed by atoms with Crippen LogP contribution in [0.4, 0.5) is 0 Å². The van der Waals surface area contributed by atoms with Crippen LogP contribution in [-0.2, 0) is 9.47 Å². The van der Waals surface area contributed by atoms with Crippen molar-refractivity contribution in [3.8, 4) is 0 Å². The van der Waals surface area contributed by atoms with Crippen LogP contribution in [0.5, 0.6) is 0 Å². The standard InChI is InChI=1S/C14H33N3O3/c1-15(2)6-11-19-13-8-17(5-10-18)9-14-20-12-7-16(3)4/h18H,5-14H2,1-4H3. The first-order valence-electron chi connectivity index (χ1n) is 7.34. The fourth-order valence-corrected chi connectivity index (χ4v) is 1.56. The molecule has 0 fully saturated rings. The molecular formula is C14H33N3O3. The zero-order chi connectivity index (χ0) is 15.2. The normalized spacial score (nSPS) is 12.0. The second-order valence-electron chi connectivity index (χ2n) is 5.40. The number of hydrogen-bond acceptors (Lipinski definition) is 6. The van der Waals surface area contributed by atoms with Crippen molar-refractivity contribution in [1.29, 1.82) is 0 Å². The van der Waals surface area contributed by atoms with Crippen molar-refractivity contribution in [2.24, 2.45) is 0 Å². The SMILES string of the molecule is CN(C)CCOCCN(CCO)CCOCCN(C)C. The van der Waals surface area contributed by atoms with Gasteiger partial charge in [-0.05, 0) is 28.2 Å². The first kappa shape index (κ1) is 19.8. The molecule has 0 spiro atoms. The van der Waals surface area contributed by atoms with Gasteiger partial charge in [-0.1, -0.05) is 0 Å². The van der Waals surface area contributed by atoms with Gasteiger partial charge in [-0.25, -0.2) is 0 Å². The van der Waals surface area contributed by atoms with Gasteiger partial charge in [0.15, 0.2) is 0 Å².